The van der Waals surface area contributed by atoms with Crippen LogP contribution in [-0.4, -0.2) is 6.15 Å². The van der Waals surface area contributed by atoms with Gasteiger partial charge in [0.15, 0.2) is 69.8 Å². The monoisotopic (exact) mass is 1230 g/mol. The summed E-state index contributed by atoms with van der Waals surface area (Å²) in [6.45, 7) is 0. The van der Waals surface area contributed by atoms with Gasteiger partial charge in [0.1, 0.15) is 52.7 Å². The number of benzene rings is 7. The molecule has 0 aliphatic heterocycles. The van der Waals surface area contributed by atoms with Crippen molar-refractivity contribution in [1.82, 2.24) is 0 Å². The predicted octanol–water partition coefficient (Wildman–Crippen LogP) is 11.8. The predicted molar refractivity (Wildman–Crippen MR) is 195 cm³/mol. The van der Waals surface area contributed by atoms with E-state index in [1.54, 1.807) is 0 Å². The molecule has 0 saturated heterocycles. The van der Waals surface area contributed by atoms with Crippen LogP contribution in [-0.2, 0) is 0 Å². The third-order valence-corrected chi connectivity index (χ3v) is 14.2. The smallest absolute Gasteiger partial charge is 0.207 e. The molecule has 0 atom stereocenters. The molecular formula is C42BF36P. The number of hydrogen-bond acceptors (Lipinski definition) is 0. The first-order chi connectivity index (χ1) is 36.7. The molecule has 0 aliphatic rings. The normalized spacial score (nSPS) is 12.0. The molecule has 0 aliphatic carbocycles. The Bertz CT molecular complexity index is 3220. The molecule has 0 nitrogen and oxygen atoms in total. The van der Waals surface area contributed by atoms with E-state index in [9.17, 15) is 119 Å². The Kier molecular flexibility index (Phi) is 16.1. The molecule has 38 heteroatoms. The summed E-state index contributed by atoms with van der Waals surface area (Å²) < 4.78 is 519. The second-order valence-electron chi connectivity index (χ2n) is 15.1. The quantitative estimate of drug-likeness (QED) is 0.0491. The van der Waals surface area contributed by atoms with Crippen LogP contribution >= 0.6 is 7.57 Å². The van der Waals surface area contributed by atoms with E-state index in [2.05, 4.69) is 0 Å². The van der Waals surface area contributed by atoms with Gasteiger partial charge in [0.2, 0.25) is 103 Å². The van der Waals surface area contributed by atoms with Gasteiger partial charge in [-0.2, -0.15) is 26.3 Å². The van der Waals surface area contributed by atoms with E-state index >= 15 is 39.3 Å². The van der Waals surface area contributed by atoms with Crippen molar-refractivity contribution in [3.8, 4) is 0 Å². The minimum Gasteiger partial charge on any atom is -0.207 e. The van der Waals surface area contributed by atoms with Gasteiger partial charge in [-0.05, 0) is 4.20 Å². The summed E-state index contributed by atoms with van der Waals surface area (Å²) in [4.78, 5) is 0. The van der Waals surface area contributed by atoms with Crippen LogP contribution in [0.3, 0.4) is 0 Å². The van der Waals surface area contributed by atoms with Gasteiger partial charge in [0, 0.05) is 0 Å². The fraction of sp³-hybridized carbons (Fsp3) is 0. The van der Waals surface area contributed by atoms with Crippen LogP contribution in [0.1, 0.15) is 0 Å². The molecule has 7 aromatic rings. The second-order valence-corrected chi connectivity index (χ2v) is 17.7. The second kappa shape index (κ2) is 20.9. The standard InChI is InChI=1S/C24BF20.C18F16P/c26-5-1(6(27)14(35)21(42)13(5)34)25(2-7(28)15(36)22(43)16(37)8(2)29,3-9(30)17(38)23(44)18(39)10(3)31)4-11(32)19(40)24(45)20(41)12(4)33;19-1-4(22)10(28)16(11(29)5(1)23)35(34,17-12(30)6(24)2(20)7(25)13(17)31)18-14(32)8(26)3(21)9(27)15(18)33/q-1;+1. The van der Waals surface area contributed by atoms with Crippen LogP contribution < -0.4 is 37.8 Å². The molecule has 0 N–H and O–H groups in total. The summed E-state index contributed by atoms with van der Waals surface area (Å²) in [5.74, 6) is -120. The Labute approximate surface area is 413 Å². The topological polar surface area (TPSA) is 0 Å². The zero-order valence-corrected chi connectivity index (χ0v) is 36.5. The highest BCUT2D eigenvalue weighted by atomic mass is 31.2. The van der Waals surface area contributed by atoms with E-state index < -0.39 is 255 Å². The fourth-order valence-electron chi connectivity index (χ4n) is 7.80. The molecule has 0 unspecified atom stereocenters. The zero-order valence-electron chi connectivity index (χ0n) is 35.6. The minimum atomic E-state index is -7.66. The maximum absolute atomic E-state index is 16.3. The molecule has 0 radical (unpaired) electrons. The summed E-state index contributed by atoms with van der Waals surface area (Å²) in [6, 6.07) is 0. The van der Waals surface area contributed by atoms with Gasteiger partial charge in [-0.3, -0.25) is 0 Å². The summed E-state index contributed by atoms with van der Waals surface area (Å²) in [5.41, 5.74) is -14.3. The summed E-state index contributed by atoms with van der Waals surface area (Å²) in [5, 5.41) is -9.75. The Balaban J connectivity index is 0.000000266. The third-order valence-electron chi connectivity index (χ3n) is 11.2. The van der Waals surface area contributed by atoms with Gasteiger partial charge < -0.3 is 0 Å². The molecule has 0 amide bonds. The number of hydrogen-bond donors (Lipinski definition) is 0. The van der Waals surface area contributed by atoms with Crippen LogP contribution in [0.5, 0.6) is 0 Å². The highest BCUT2D eigenvalue weighted by Crippen LogP contribution is 2.61. The molecular weight excluding hydrogens is 1230 g/mol. The van der Waals surface area contributed by atoms with Crippen molar-refractivity contribution in [3.63, 3.8) is 0 Å². The maximum Gasteiger partial charge on any atom is 0.317 e. The number of halogens is 36. The van der Waals surface area contributed by atoms with Gasteiger partial charge in [-0.1, -0.05) is 0 Å². The summed E-state index contributed by atoms with van der Waals surface area (Å²) in [6.07, 6.45) is -7.22. The molecule has 0 fully saturated rings. The molecule has 0 spiro atoms. The van der Waals surface area contributed by atoms with Gasteiger partial charge in [0.25, 0.3) is 0 Å². The van der Waals surface area contributed by atoms with Crippen molar-refractivity contribution in [2.75, 3.05) is 0 Å². The molecule has 428 valence electrons. The van der Waals surface area contributed by atoms with Crippen LogP contribution in [0.25, 0.3) is 0 Å². The Morgan fingerprint density at radius 1 is 0.138 bits per heavy atom. The van der Waals surface area contributed by atoms with Crippen molar-refractivity contribution < 1.29 is 158 Å². The van der Waals surface area contributed by atoms with E-state index in [-0.39, 0.29) is 0 Å². The molecule has 0 bridgehead atoms. The first-order valence-electron chi connectivity index (χ1n) is 19.1. The lowest BCUT2D eigenvalue weighted by atomic mass is 9.12. The molecule has 7 rings (SSSR count). The van der Waals surface area contributed by atoms with E-state index in [1.807, 2.05) is 0 Å². The lowest BCUT2D eigenvalue weighted by Crippen LogP contribution is -2.81. The van der Waals surface area contributed by atoms with Crippen molar-refractivity contribution >= 4 is 51.5 Å². The van der Waals surface area contributed by atoms with Crippen molar-refractivity contribution in [3.05, 3.63) is 204 Å². The van der Waals surface area contributed by atoms with Crippen molar-refractivity contribution in [2.24, 2.45) is 0 Å². The van der Waals surface area contributed by atoms with E-state index in [0.717, 1.165) is 0 Å². The molecule has 0 aromatic heterocycles. The Hall–Kier alpha value is -7.49. The average molecular weight is 1230 g/mol. The Morgan fingerprint density at radius 2 is 0.225 bits per heavy atom. The van der Waals surface area contributed by atoms with E-state index in [4.69, 9.17) is 0 Å². The van der Waals surface area contributed by atoms with Crippen molar-refractivity contribution in [2.45, 2.75) is 0 Å². The third kappa shape index (κ3) is 8.31. The minimum absolute atomic E-state index is 3.09. The summed E-state index contributed by atoms with van der Waals surface area (Å²) >= 11 is 0. The highest BCUT2D eigenvalue weighted by molar-refractivity contribution is 7.91. The first kappa shape index (κ1) is 61.7. The molecule has 0 saturated carbocycles. The highest BCUT2D eigenvalue weighted by Gasteiger charge is 2.64. The molecule has 7 aromatic carbocycles. The zero-order chi connectivity index (χ0) is 61.2. The molecule has 80 heavy (non-hydrogen) atoms. The Morgan fingerprint density at radius 3 is 0.338 bits per heavy atom. The maximum atomic E-state index is 16.3. The lowest BCUT2D eigenvalue weighted by molar-refractivity contribution is 0.378. The SMILES string of the molecule is Fc1c(F)c(F)c([B-](c2c(F)c(F)c(F)c(F)c2F)(c2c(F)c(F)c(F)c(F)c2F)c2c(F)c(F)c(F)c(F)c2F)c(F)c1F.Fc1c(F)c(F)c([P+](F)(c2c(F)c(F)c(F)c(F)c2F)c2c(F)c(F)c(F)c(F)c2F)c(F)c1F. The number of rotatable bonds is 7. The van der Waals surface area contributed by atoms with Crippen molar-refractivity contribution in [1.29, 1.82) is 0 Å². The largest absolute Gasteiger partial charge is 0.317 e. The fourth-order valence-corrected chi connectivity index (χ4v) is 10.7. The van der Waals surface area contributed by atoms with Crippen LogP contribution in [0.15, 0.2) is 0 Å². The van der Waals surface area contributed by atoms with Gasteiger partial charge >= 0.3 is 7.57 Å². The van der Waals surface area contributed by atoms with Gasteiger partial charge in [0.05, 0.1) is 0 Å². The van der Waals surface area contributed by atoms with Crippen LogP contribution in [0, 0.1) is 204 Å². The van der Waals surface area contributed by atoms with Gasteiger partial charge in [-0.15, -0.1) is 21.9 Å². The van der Waals surface area contributed by atoms with E-state index in [1.165, 1.54) is 0 Å². The molecule has 0 heterocycles. The average Bonchev–Trinajstić information content (AvgIpc) is 3.61. The summed E-state index contributed by atoms with van der Waals surface area (Å²) in [7, 11) is -7.66. The van der Waals surface area contributed by atoms with Crippen LogP contribution in [0.2, 0.25) is 0 Å². The first-order valence-corrected chi connectivity index (χ1v) is 20.8. The van der Waals surface area contributed by atoms with E-state index in [0.29, 0.717) is 0 Å². The lowest BCUT2D eigenvalue weighted by Gasteiger charge is -2.44. The van der Waals surface area contributed by atoms with Gasteiger partial charge in [-0.25, -0.2) is 127 Å². The van der Waals surface area contributed by atoms with Crippen LogP contribution in [0.4, 0.5) is 158 Å².